The highest BCUT2D eigenvalue weighted by atomic mass is 79.9. The molecule has 72 valence electrons. The first-order valence-electron chi connectivity index (χ1n) is 3.91. The van der Waals surface area contributed by atoms with Crippen LogP contribution in [0.3, 0.4) is 0 Å². The van der Waals surface area contributed by atoms with Gasteiger partial charge in [0.15, 0.2) is 0 Å². The van der Waals surface area contributed by atoms with Crippen LogP contribution in [0, 0.1) is 11.3 Å². The molecule has 0 unspecified atom stereocenters. The fourth-order valence-corrected chi connectivity index (χ4v) is 1.46. The number of carbonyl (C=O) groups is 1. The van der Waals surface area contributed by atoms with E-state index < -0.39 is 4.83 Å². The number of rotatable bonds is 2. The molecule has 1 rings (SSSR count). The third kappa shape index (κ3) is 2.33. The number of benzene rings is 1. The van der Waals surface area contributed by atoms with Gasteiger partial charge in [-0.15, -0.1) is 0 Å². The lowest BCUT2D eigenvalue weighted by Crippen LogP contribution is -2.07. The van der Waals surface area contributed by atoms with Gasteiger partial charge >= 0.3 is 5.97 Å². The van der Waals surface area contributed by atoms with Crippen molar-refractivity contribution in [3.05, 3.63) is 35.4 Å². The topological polar surface area (TPSA) is 50.1 Å². The molecule has 0 N–H and O–H groups in total. The van der Waals surface area contributed by atoms with Crippen molar-refractivity contribution in [2.75, 3.05) is 7.11 Å². The van der Waals surface area contributed by atoms with E-state index in [1.807, 2.05) is 6.07 Å². The predicted molar refractivity (Wildman–Crippen MR) is 54.8 cm³/mol. The summed E-state index contributed by atoms with van der Waals surface area (Å²) in [7, 11) is 1.33. The van der Waals surface area contributed by atoms with Crippen molar-refractivity contribution in [1.82, 2.24) is 0 Å². The molecule has 0 aliphatic heterocycles. The number of esters is 1. The largest absolute Gasteiger partial charge is 0.468 e. The van der Waals surface area contributed by atoms with Crippen LogP contribution in [-0.4, -0.2) is 13.1 Å². The summed E-state index contributed by atoms with van der Waals surface area (Å²) in [4.78, 5) is 10.7. The van der Waals surface area contributed by atoms with Crippen molar-refractivity contribution in [2.45, 2.75) is 4.83 Å². The van der Waals surface area contributed by atoms with Crippen molar-refractivity contribution < 1.29 is 9.53 Å². The Morgan fingerprint density at radius 3 is 2.50 bits per heavy atom. The van der Waals surface area contributed by atoms with Gasteiger partial charge in [0, 0.05) is 0 Å². The van der Waals surface area contributed by atoms with Gasteiger partial charge in [0.2, 0.25) is 0 Å². The van der Waals surface area contributed by atoms with E-state index in [4.69, 9.17) is 5.26 Å². The van der Waals surface area contributed by atoms with Crippen molar-refractivity contribution in [2.24, 2.45) is 0 Å². The molecule has 14 heavy (non-hydrogen) atoms. The minimum atomic E-state index is -0.472. The van der Waals surface area contributed by atoms with E-state index in [1.54, 1.807) is 24.3 Å². The Balaban J connectivity index is 2.88. The first kappa shape index (κ1) is 10.7. The second-order valence-corrected chi connectivity index (χ2v) is 3.54. The Bertz CT molecular complexity index is 367. The summed E-state index contributed by atoms with van der Waals surface area (Å²) in [5.41, 5.74) is 1.34. The van der Waals surface area contributed by atoms with Crippen LogP contribution >= 0.6 is 15.9 Å². The number of halogens is 1. The summed E-state index contributed by atoms with van der Waals surface area (Å²) >= 11 is 3.20. The summed E-state index contributed by atoms with van der Waals surface area (Å²) in [5.74, 6) is -0.352. The van der Waals surface area contributed by atoms with Crippen LogP contribution < -0.4 is 0 Å². The zero-order valence-corrected chi connectivity index (χ0v) is 9.11. The van der Waals surface area contributed by atoms with Gasteiger partial charge in [-0.3, -0.25) is 4.79 Å². The standard InChI is InChI=1S/C10H8BrNO2/c1-14-10(13)9(11)8-4-2-7(6-12)3-5-8/h2-5,9H,1H3/t9-/m0/s1. The van der Waals surface area contributed by atoms with Gasteiger partial charge in [-0.1, -0.05) is 28.1 Å². The quantitative estimate of drug-likeness (QED) is 0.600. The lowest BCUT2D eigenvalue weighted by atomic mass is 10.1. The van der Waals surface area contributed by atoms with Gasteiger partial charge in [-0.2, -0.15) is 5.26 Å². The van der Waals surface area contributed by atoms with Crippen LogP contribution in [0.1, 0.15) is 16.0 Å². The Labute approximate surface area is 90.4 Å². The Hall–Kier alpha value is -1.34. The summed E-state index contributed by atoms with van der Waals surface area (Å²) in [6, 6.07) is 8.76. The summed E-state index contributed by atoms with van der Waals surface area (Å²) < 4.78 is 4.57. The van der Waals surface area contributed by atoms with Crippen LogP contribution in [0.2, 0.25) is 0 Å². The van der Waals surface area contributed by atoms with Gasteiger partial charge in [0.25, 0.3) is 0 Å². The van der Waals surface area contributed by atoms with Gasteiger partial charge in [-0.25, -0.2) is 0 Å². The van der Waals surface area contributed by atoms with Crippen molar-refractivity contribution in [3.63, 3.8) is 0 Å². The minimum absolute atomic E-state index is 0.352. The molecule has 0 amide bonds. The molecule has 3 nitrogen and oxygen atoms in total. The Morgan fingerprint density at radius 1 is 1.50 bits per heavy atom. The second-order valence-electron chi connectivity index (χ2n) is 2.62. The number of carbonyl (C=O) groups excluding carboxylic acids is 1. The van der Waals surface area contributed by atoms with Crippen LogP contribution in [0.15, 0.2) is 24.3 Å². The zero-order chi connectivity index (χ0) is 10.6. The van der Waals surface area contributed by atoms with Gasteiger partial charge < -0.3 is 4.74 Å². The van der Waals surface area contributed by atoms with Crippen LogP contribution in [0.4, 0.5) is 0 Å². The number of nitriles is 1. The molecule has 0 saturated heterocycles. The Kier molecular flexibility index (Phi) is 3.66. The van der Waals surface area contributed by atoms with Gasteiger partial charge in [0.05, 0.1) is 18.7 Å². The number of nitrogens with zero attached hydrogens (tertiary/aromatic N) is 1. The van der Waals surface area contributed by atoms with Crippen molar-refractivity contribution in [3.8, 4) is 6.07 Å². The van der Waals surface area contributed by atoms with E-state index in [0.29, 0.717) is 5.56 Å². The van der Waals surface area contributed by atoms with E-state index in [1.165, 1.54) is 7.11 Å². The maximum atomic E-state index is 11.1. The van der Waals surface area contributed by atoms with E-state index in [2.05, 4.69) is 20.7 Å². The van der Waals surface area contributed by atoms with Crippen molar-refractivity contribution >= 4 is 21.9 Å². The number of alkyl halides is 1. The van der Waals surface area contributed by atoms with Crippen molar-refractivity contribution in [1.29, 1.82) is 5.26 Å². The summed E-state index contributed by atoms with van der Waals surface area (Å²) in [6.07, 6.45) is 0. The molecular formula is C10H8BrNO2. The molecule has 0 heterocycles. The van der Waals surface area contributed by atoms with E-state index in [9.17, 15) is 4.79 Å². The first-order chi connectivity index (χ1) is 6.69. The lowest BCUT2D eigenvalue weighted by molar-refractivity contribution is -0.139. The molecule has 0 bridgehead atoms. The second kappa shape index (κ2) is 4.77. The molecule has 0 saturated carbocycles. The SMILES string of the molecule is COC(=O)[C@@H](Br)c1ccc(C#N)cc1. The van der Waals surface area contributed by atoms with Gasteiger partial charge in [-0.05, 0) is 17.7 Å². The molecule has 0 aliphatic carbocycles. The molecule has 0 aliphatic rings. The monoisotopic (exact) mass is 253 g/mol. The molecule has 1 atom stereocenters. The molecule has 0 aromatic heterocycles. The minimum Gasteiger partial charge on any atom is -0.468 e. The highest BCUT2D eigenvalue weighted by molar-refractivity contribution is 9.09. The zero-order valence-electron chi connectivity index (χ0n) is 7.53. The molecule has 0 fully saturated rings. The third-order valence-corrected chi connectivity index (χ3v) is 2.64. The van der Waals surface area contributed by atoms with E-state index >= 15 is 0 Å². The smallest absolute Gasteiger partial charge is 0.323 e. The van der Waals surface area contributed by atoms with Gasteiger partial charge in [0.1, 0.15) is 4.83 Å². The lowest BCUT2D eigenvalue weighted by Gasteiger charge is -2.06. The maximum absolute atomic E-state index is 11.1. The maximum Gasteiger partial charge on any atom is 0.323 e. The number of methoxy groups -OCH3 is 1. The van der Waals surface area contributed by atoms with E-state index in [-0.39, 0.29) is 5.97 Å². The van der Waals surface area contributed by atoms with Crippen LogP contribution in [0.25, 0.3) is 0 Å². The molecule has 1 aromatic carbocycles. The summed E-state index contributed by atoms with van der Waals surface area (Å²) in [6.45, 7) is 0. The molecule has 1 aromatic rings. The average Bonchev–Trinajstić information content (AvgIpc) is 2.27. The van der Waals surface area contributed by atoms with E-state index in [0.717, 1.165) is 5.56 Å². The highest BCUT2D eigenvalue weighted by Gasteiger charge is 2.16. The molecule has 0 radical (unpaired) electrons. The molecule has 4 heteroatoms. The Morgan fingerprint density at radius 2 is 2.07 bits per heavy atom. The highest BCUT2D eigenvalue weighted by Crippen LogP contribution is 2.23. The normalized spacial score (nSPS) is 11.5. The number of ether oxygens (including phenoxy) is 1. The van der Waals surface area contributed by atoms with Crippen LogP contribution in [0.5, 0.6) is 0 Å². The summed E-state index contributed by atoms with van der Waals surface area (Å²) in [5, 5.41) is 8.57. The number of hydrogen-bond donors (Lipinski definition) is 0. The third-order valence-electron chi connectivity index (χ3n) is 1.74. The molecular weight excluding hydrogens is 246 g/mol. The first-order valence-corrected chi connectivity index (χ1v) is 4.82. The van der Waals surface area contributed by atoms with Crippen LogP contribution in [-0.2, 0) is 9.53 Å². The number of hydrogen-bond acceptors (Lipinski definition) is 3. The fraction of sp³-hybridized carbons (Fsp3) is 0.200. The fourth-order valence-electron chi connectivity index (χ4n) is 0.966. The average molecular weight is 254 g/mol. The molecule has 0 spiro atoms. The predicted octanol–water partition coefficient (Wildman–Crippen LogP) is 2.17.